The number of benzene rings is 1. The van der Waals surface area contributed by atoms with E-state index >= 15 is 0 Å². The lowest BCUT2D eigenvalue weighted by atomic mass is 10.2. The fraction of sp³-hybridized carbons (Fsp3) is 0.333. The molecule has 1 aromatic heterocycles. The lowest BCUT2D eigenvalue weighted by Gasteiger charge is -2.21. The van der Waals surface area contributed by atoms with E-state index in [4.69, 9.17) is 0 Å². The molecule has 1 saturated heterocycles. The van der Waals surface area contributed by atoms with Crippen molar-refractivity contribution in [1.29, 1.82) is 0 Å². The van der Waals surface area contributed by atoms with Crippen molar-refractivity contribution in [2.45, 2.75) is 19.4 Å². The molecule has 2 heterocycles. The van der Waals surface area contributed by atoms with Crippen molar-refractivity contribution >= 4 is 27.1 Å². The predicted octanol–water partition coefficient (Wildman–Crippen LogP) is 2.35. The van der Waals surface area contributed by atoms with Crippen molar-refractivity contribution in [2.24, 2.45) is 0 Å². The Hall–Kier alpha value is -2.41. The molecule has 25 heavy (non-hydrogen) atoms. The number of nitrogens with zero attached hydrogens (tertiary/aromatic N) is 2. The molecule has 1 aliphatic rings. The molecule has 1 atom stereocenters. The standard InChI is InChI=1S/C18H21N3O3S/c1-2-21(16-6-4-3-5-7-16)18(22)17-12-14(8-10-19-17)20-15-9-11-25(23,24)13-15/h3-8,10,12,15H,2,9,11,13H2,1H3,(H,19,20). The Labute approximate surface area is 147 Å². The molecule has 1 amide bonds. The predicted molar refractivity (Wildman–Crippen MR) is 98.7 cm³/mol. The summed E-state index contributed by atoms with van der Waals surface area (Å²) in [6.45, 7) is 2.44. The summed E-state index contributed by atoms with van der Waals surface area (Å²) in [4.78, 5) is 18.7. The maximum atomic E-state index is 12.8. The van der Waals surface area contributed by atoms with Crippen LogP contribution in [0.3, 0.4) is 0 Å². The van der Waals surface area contributed by atoms with Gasteiger partial charge in [-0.05, 0) is 37.6 Å². The molecule has 0 saturated carbocycles. The van der Waals surface area contributed by atoms with E-state index in [1.54, 1.807) is 23.2 Å². The summed E-state index contributed by atoms with van der Waals surface area (Å²) in [7, 11) is -2.95. The summed E-state index contributed by atoms with van der Waals surface area (Å²) in [5.41, 5.74) is 1.86. The van der Waals surface area contributed by atoms with E-state index in [2.05, 4.69) is 10.3 Å². The van der Waals surface area contributed by atoms with Crippen LogP contribution in [0.25, 0.3) is 0 Å². The van der Waals surface area contributed by atoms with Gasteiger partial charge in [0.05, 0.1) is 11.5 Å². The maximum absolute atomic E-state index is 12.8. The van der Waals surface area contributed by atoms with E-state index in [1.807, 2.05) is 37.3 Å². The third kappa shape index (κ3) is 4.17. The summed E-state index contributed by atoms with van der Waals surface area (Å²) in [6.07, 6.45) is 2.15. The molecule has 0 spiro atoms. The Kier molecular flexibility index (Phi) is 5.03. The van der Waals surface area contributed by atoms with Gasteiger partial charge in [-0.2, -0.15) is 0 Å². The molecule has 6 nitrogen and oxygen atoms in total. The van der Waals surface area contributed by atoms with Crippen LogP contribution in [-0.2, 0) is 9.84 Å². The second kappa shape index (κ2) is 7.23. The normalized spacial score (nSPS) is 18.7. The number of sulfone groups is 1. The van der Waals surface area contributed by atoms with Gasteiger partial charge in [0.2, 0.25) is 0 Å². The fourth-order valence-corrected chi connectivity index (χ4v) is 4.64. The lowest BCUT2D eigenvalue weighted by molar-refractivity contribution is 0.0983. The van der Waals surface area contributed by atoms with Crippen molar-refractivity contribution in [2.75, 3.05) is 28.3 Å². The summed E-state index contributed by atoms with van der Waals surface area (Å²) < 4.78 is 23.2. The maximum Gasteiger partial charge on any atom is 0.276 e. The second-order valence-corrected chi connectivity index (χ2v) is 8.29. The van der Waals surface area contributed by atoms with Gasteiger partial charge in [-0.15, -0.1) is 0 Å². The number of nitrogens with one attached hydrogen (secondary N) is 1. The zero-order chi connectivity index (χ0) is 17.9. The molecule has 1 aromatic carbocycles. The molecule has 3 rings (SSSR count). The quantitative estimate of drug-likeness (QED) is 0.886. The lowest BCUT2D eigenvalue weighted by Crippen LogP contribution is -2.31. The highest BCUT2D eigenvalue weighted by Crippen LogP contribution is 2.20. The van der Waals surface area contributed by atoms with Gasteiger partial charge < -0.3 is 10.2 Å². The van der Waals surface area contributed by atoms with Crippen molar-refractivity contribution in [3.63, 3.8) is 0 Å². The van der Waals surface area contributed by atoms with E-state index in [0.717, 1.165) is 5.69 Å². The molecule has 1 unspecified atom stereocenters. The number of aromatic nitrogens is 1. The molecule has 2 aromatic rings. The Morgan fingerprint density at radius 3 is 2.68 bits per heavy atom. The van der Waals surface area contributed by atoms with Gasteiger partial charge in [0.15, 0.2) is 9.84 Å². The zero-order valence-electron chi connectivity index (χ0n) is 14.1. The van der Waals surface area contributed by atoms with Crippen LogP contribution in [-0.4, -0.2) is 43.4 Å². The first kappa shape index (κ1) is 17.4. The number of anilines is 2. The van der Waals surface area contributed by atoms with Crippen LogP contribution in [0.15, 0.2) is 48.7 Å². The Balaban J connectivity index is 1.77. The first-order valence-electron chi connectivity index (χ1n) is 8.28. The average Bonchev–Trinajstić information content (AvgIpc) is 2.95. The van der Waals surface area contributed by atoms with Gasteiger partial charge in [0, 0.05) is 30.2 Å². The number of para-hydroxylation sites is 1. The Morgan fingerprint density at radius 2 is 2.04 bits per heavy atom. The first-order chi connectivity index (χ1) is 12.0. The number of amides is 1. The summed E-state index contributed by atoms with van der Waals surface area (Å²) in [5.74, 6) is 0.152. The minimum absolute atomic E-state index is 0.119. The number of carbonyl (C=O) groups is 1. The Bertz CT molecular complexity index is 853. The molecule has 7 heteroatoms. The van der Waals surface area contributed by atoms with Crippen LogP contribution >= 0.6 is 0 Å². The third-order valence-electron chi connectivity index (χ3n) is 4.21. The molecule has 1 aliphatic heterocycles. The topological polar surface area (TPSA) is 79.4 Å². The van der Waals surface area contributed by atoms with E-state index < -0.39 is 9.84 Å². The van der Waals surface area contributed by atoms with Crippen molar-refractivity contribution in [3.8, 4) is 0 Å². The highest BCUT2D eigenvalue weighted by Gasteiger charge is 2.28. The molecule has 0 bridgehead atoms. The molecule has 0 radical (unpaired) electrons. The summed E-state index contributed by atoms with van der Waals surface area (Å²) >= 11 is 0. The number of hydrogen-bond donors (Lipinski definition) is 1. The van der Waals surface area contributed by atoms with Gasteiger partial charge in [0.25, 0.3) is 5.91 Å². The van der Waals surface area contributed by atoms with Crippen LogP contribution in [0.1, 0.15) is 23.8 Å². The molecular formula is C18H21N3O3S. The van der Waals surface area contributed by atoms with E-state index in [0.29, 0.717) is 24.3 Å². The van der Waals surface area contributed by atoms with Crippen LogP contribution in [0.4, 0.5) is 11.4 Å². The van der Waals surface area contributed by atoms with Gasteiger partial charge in [-0.25, -0.2) is 8.42 Å². The van der Waals surface area contributed by atoms with E-state index in [9.17, 15) is 13.2 Å². The highest BCUT2D eigenvalue weighted by atomic mass is 32.2. The molecule has 132 valence electrons. The van der Waals surface area contributed by atoms with Crippen molar-refractivity contribution < 1.29 is 13.2 Å². The largest absolute Gasteiger partial charge is 0.381 e. The average molecular weight is 359 g/mol. The number of pyridine rings is 1. The highest BCUT2D eigenvalue weighted by molar-refractivity contribution is 7.91. The molecule has 0 aliphatic carbocycles. The SMILES string of the molecule is CCN(C(=O)c1cc(NC2CCS(=O)(=O)C2)ccn1)c1ccccc1. The van der Waals surface area contributed by atoms with E-state index in [1.165, 1.54) is 0 Å². The molecular weight excluding hydrogens is 338 g/mol. The zero-order valence-corrected chi connectivity index (χ0v) is 14.9. The number of carbonyl (C=O) groups excluding carboxylic acids is 1. The van der Waals surface area contributed by atoms with Crippen LogP contribution in [0.2, 0.25) is 0 Å². The minimum atomic E-state index is -2.95. The summed E-state index contributed by atoms with van der Waals surface area (Å²) in [6, 6.07) is 12.8. The summed E-state index contributed by atoms with van der Waals surface area (Å²) in [5, 5.41) is 3.20. The molecule has 1 N–H and O–H groups in total. The van der Waals surface area contributed by atoms with Crippen molar-refractivity contribution in [3.05, 3.63) is 54.4 Å². The fourth-order valence-electron chi connectivity index (χ4n) is 2.97. The van der Waals surface area contributed by atoms with Gasteiger partial charge in [-0.1, -0.05) is 18.2 Å². The first-order valence-corrected chi connectivity index (χ1v) is 10.1. The third-order valence-corrected chi connectivity index (χ3v) is 5.98. The van der Waals surface area contributed by atoms with Crippen LogP contribution < -0.4 is 10.2 Å². The smallest absolute Gasteiger partial charge is 0.276 e. The molecule has 1 fully saturated rings. The van der Waals surface area contributed by atoms with Gasteiger partial charge >= 0.3 is 0 Å². The van der Waals surface area contributed by atoms with E-state index in [-0.39, 0.29) is 23.5 Å². The van der Waals surface area contributed by atoms with Gasteiger partial charge in [0.1, 0.15) is 5.69 Å². The van der Waals surface area contributed by atoms with Crippen molar-refractivity contribution in [1.82, 2.24) is 4.98 Å². The number of hydrogen-bond acceptors (Lipinski definition) is 5. The Morgan fingerprint density at radius 1 is 1.28 bits per heavy atom. The van der Waals surface area contributed by atoms with Gasteiger partial charge in [-0.3, -0.25) is 9.78 Å². The monoisotopic (exact) mass is 359 g/mol. The number of rotatable bonds is 5. The minimum Gasteiger partial charge on any atom is -0.381 e. The second-order valence-electron chi connectivity index (χ2n) is 6.06. The van der Waals surface area contributed by atoms with Crippen LogP contribution in [0.5, 0.6) is 0 Å². The van der Waals surface area contributed by atoms with Crippen LogP contribution in [0, 0.1) is 0 Å².